The predicted octanol–water partition coefficient (Wildman–Crippen LogP) is 7.76. The van der Waals surface area contributed by atoms with Crippen LogP contribution in [0.5, 0.6) is 0 Å². The summed E-state index contributed by atoms with van der Waals surface area (Å²) in [5.41, 5.74) is 6.42. The van der Waals surface area contributed by atoms with E-state index in [1.165, 1.54) is 12.1 Å². The van der Waals surface area contributed by atoms with Gasteiger partial charge in [0.25, 0.3) is 0 Å². The van der Waals surface area contributed by atoms with Gasteiger partial charge in [0.05, 0.1) is 45.0 Å². The molecule has 5 aromatic carbocycles. The molecule has 37 heavy (non-hydrogen) atoms. The van der Waals surface area contributed by atoms with Crippen LogP contribution in [-0.2, 0) is 0 Å². The Balaban J connectivity index is 1.72. The third kappa shape index (κ3) is 2.92. The first-order valence-corrected chi connectivity index (χ1v) is 11.9. The monoisotopic (exact) mass is 476 g/mol. The Morgan fingerprint density at radius 3 is 2.03 bits per heavy atom. The molecule has 2 aromatic heterocycles. The van der Waals surface area contributed by atoms with Crippen LogP contribution in [0.3, 0.4) is 0 Å². The van der Waals surface area contributed by atoms with Crippen molar-refractivity contribution in [2.24, 2.45) is 0 Å². The second kappa shape index (κ2) is 7.81. The molecule has 0 unspecified atom stereocenters. The van der Waals surface area contributed by atoms with E-state index in [-0.39, 0.29) is 5.82 Å². The Morgan fingerprint density at radius 1 is 0.595 bits per heavy atom. The zero-order valence-electron chi connectivity index (χ0n) is 19.5. The Bertz CT molecular complexity index is 2120. The summed E-state index contributed by atoms with van der Waals surface area (Å²) in [4.78, 5) is 0. The van der Waals surface area contributed by atoms with Gasteiger partial charge in [0, 0.05) is 27.2 Å². The van der Waals surface area contributed by atoms with Gasteiger partial charge in [-0.3, -0.25) is 0 Å². The molecule has 7 rings (SSSR count). The van der Waals surface area contributed by atoms with E-state index in [0.717, 1.165) is 55.0 Å². The molecule has 0 saturated heterocycles. The first-order valence-electron chi connectivity index (χ1n) is 11.9. The lowest BCUT2D eigenvalue weighted by atomic mass is 10.1. The van der Waals surface area contributed by atoms with Crippen LogP contribution in [0.15, 0.2) is 103 Å². The van der Waals surface area contributed by atoms with Crippen LogP contribution in [0.4, 0.5) is 4.39 Å². The van der Waals surface area contributed by atoms with E-state index in [2.05, 4.69) is 51.6 Å². The molecule has 0 aliphatic rings. The average molecular weight is 477 g/mol. The van der Waals surface area contributed by atoms with Crippen LogP contribution in [0.25, 0.3) is 55.0 Å². The molecule has 0 saturated carbocycles. The summed E-state index contributed by atoms with van der Waals surface area (Å²) in [5, 5.41) is 23.6. The maximum atomic E-state index is 13.9. The summed E-state index contributed by atoms with van der Waals surface area (Å²) < 4.78 is 18.2. The molecule has 0 fully saturated rings. The van der Waals surface area contributed by atoms with Crippen molar-refractivity contribution in [1.82, 2.24) is 9.13 Å². The highest BCUT2D eigenvalue weighted by Gasteiger charge is 2.21. The molecule has 0 N–H and O–H groups in total. The molecule has 0 aliphatic carbocycles. The largest absolute Gasteiger partial charge is 0.309 e. The van der Waals surface area contributed by atoms with E-state index < -0.39 is 0 Å². The standard InChI is InChI=1S/C32H17FN4/c33-22-10-12-23(13-11-22)36-28-7-3-1-5-24(28)25-14-16-30-31(32(25)36)26-6-2-4-8-29(26)37(30)27-15-9-20(18-34)17-21(27)19-35/h1-17H. The summed E-state index contributed by atoms with van der Waals surface area (Å²) in [5.74, 6) is -0.281. The highest BCUT2D eigenvalue weighted by molar-refractivity contribution is 6.26. The summed E-state index contributed by atoms with van der Waals surface area (Å²) in [6, 6.07) is 36.8. The van der Waals surface area contributed by atoms with Crippen molar-refractivity contribution < 1.29 is 4.39 Å². The van der Waals surface area contributed by atoms with Crippen molar-refractivity contribution >= 4 is 43.6 Å². The number of hydrogen-bond acceptors (Lipinski definition) is 2. The van der Waals surface area contributed by atoms with Crippen LogP contribution in [-0.4, -0.2) is 9.13 Å². The van der Waals surface area contributed by atoms with Gasteiger partial charge in [-0.25, -0.2) is 4.39 Å². The van der Waals surface area contributed by atoms with Crippen LogP contribution in [0.1, 0.15) is 11.1 Å². The second-order valence-electron chi connectivity index (χ2n) is 8.99. The quantitative estimate of drug-likeness (QED) is 0.256. The van der Waals surface area contributed by atoms with Gasteiger partial charge in [0.1, 0.15) is 11.9 Å². The van der Waals surface area contributed by atoms with Gasteiger partial charge in [-0.2, -0.15) is 10.5 Å². The molecule has 0 bridgehead atoms. The number of rotatable bonds is 2. The van der Waals surface area contributed by atoms with E-state index in [1.807, 2.05) is 36.4 Å². The van der Waals surface area contributed by atoms with Gasteiger partial charge in [-0.1, -0.05) is 42.5 Å². The number of benzene rings is 5. The van der Waals surface area contributed by atoms with Crippen molar-refractivity contribution in [1.29, 1.82) is 10.5 Å². The van der Waals surface area contributed by atoms with Crippen molar-refractivity contribution in [2.45, 2.75) is 0 Å². The van der Waals surface area contributed by atoms with Gasteiger partial charge in [-0.05, 0) is 60.7 Å². The Morgan fingerprint density at radius 2 is 1.30 bits per heavy atom. The molecule has 5 heteroatoms. The van der Waals surface area contributed by atoms with E-state index in [9.17, 15) is 14.9 Å². The van der Waals surface area contributed by atoms with Crippen LogP contribution >= 0.6 is 0 Å². The molecule has 0 amide bonds. The normalized spacial score (nSPS) is 11.3. The molecular formula is C32H17FN4. The number of nitrogens with zero attached hydrogens (tertiary/aromatic N) is 4. The topological polar surface area (TPSA) is 57.4 Å². The lowest BCUT2D eigenvalue weighted by Gasteiger charge is -2.11. The lowest BCUT2D eigenvalue weighted by Crippen LogP contribution is -1.98. The first-order chi connectivity index (χ1) is 18.2. The van der Waals surface area contributed by atoms with Gasteiger partial charge < -0.3 is 9.13 Å². The Hall–Kier alpha value is -5.39. The fraction of sp³-hybridized carbons (Fsp3) is 0. The zero-order chi connectivity index (χ0) is 25.1. The van der Waals surface area contributed by atoms with E-state index in [4.69, 9.17) is 0 Å². The summed E-state index contributed by atoms with van der Waals surface area (Å²) in [7, 11) is 0. The van der Waals surface area contributed by atoms with Crippen LogP contribution in [0.2, 0.25) is 0 Å². The first kappa shape index (κ1) is 20.9. The summed E-state index contributed by atoms with van der Waals surface area (Å²) in [6.07, 6.45) is 0. The molecular weight excluding hydrogens is 459 g/mol. The molecule has 7 aromatic rings. The van der Waals surface area contributed by atoms with E-state index >= 15 is 0 Å². The second-order valence-corrected chi connectivity index (χ2v) is 8.99. The fourth-order valence-corrected chi connectivity index (χ4v) is 5.52. The summed E-state index contributed by atoms with van der Waals surface area (Å²) in [6.45, 7) is 0. The summed E-state index contributed by atoms with van der Waals surface area (Å²) >= 11 is 0. The minimum absolute atomic E-state index is 0.281. The molecule has 0 aliphatic heterocycles. The van der Waals surface area contributed by atoms with Gasteiger partial charge >= 0.3 is 0 Å². The number of halogens is 1. The van der Waals surface area contributed by atoms with E-state index in [1.54, 1.807) is 24.3 Å². The van der Waals surface area contributed by atoms with Crippen LogP contribution < -0.4 is 0 Å². The van der Waals surface area contributed by atoms with Gasteiger partial charge in [-0.15, -0.1) is 0 Å². The molecule has 0 radical (unpaired) electrons. The lowest BCUT2D eigenvalue weighted by molar-refractivity contribution is 0.627. The number of fused-ring (bicyclic) bond motifs is 7. The maximum Gasteiger partial charge on any atom is 0.123 e. The van der Waals surface area contributed by atoms with Crippen molar-refractivity contribution in [3.05, 3.63) is 120 Å². The van der Waals surface area contributed by atoms with Gasteiger partial charge in [0.2, 0.25) is 0 Å². The minimum atomic E-state index is -0.281. The van der Waals surface area contributed by atoms with Crippen LogP contribution in [0, 0.1) is 28.5 Å². The fourth-order valence-electron chi connectivity index (χ4n) is 5.52. The SMILES string of the molecule is N#Cc1ccc(-n2c3ccccc3c3c2ccc2c4ccccc4n(-c4ccc(F)cc4)c23)c(C#N)c1. The smallest absolute Gasteiger partial charge is 0.123 e. The number of nitriles is 2. The highest BCUT2D eigenvalue weighted by atomic mass is 19.1. The number of para-hydroxylation sites is 2. The average Bonchev–Trinajstić information content (AvgIpc) is 3.46. The number of aromatic nitrogens is 2. The maximum absolute atomic E-state index is 13.9. The molecule has 0 atom stereocenters. The zero-order valence-corrected chi connectivity index (χ0v) is 19.5. The molecule has 4 nitrogen and oxygen atoms in total. The third-order valence-electron chi connectivity index (χ3n) is 7.04. The van der Waals surface area contributed by atoms with Gasteiger partial charge in [0.15, 0.2) is 0 Å². The molecule has 0 spiro atoms. The number of hydrogen-bond donors (Lipinski definition) is 0. The van der Waals surface area contributed by atoms with Crippen molar-refractivity contribution in [2.75, 3.05) is 0 Å². The minimum Gasteiger partial charge on any atom is -0.309 e. The third-order valence-corrected chi connectivity index (χ3v) is 7.04. The van der Waals surface area contributed by atoms with Crippen molar-refractivity contribution in [3.8, 4) is 23.5 Å². The predicted molar refractivity (Wildman–Crippen MR) is 145 cm³/mol. The molecule has 172 valence electrons. The highest BCUT2D eigenvalue weighted by Crippen LogP contribution is 2.42. The Labute approximate surface area is 211 Å². The Kier molecular flexibility index (Phi) is 4.42. The van der Waals surface area contributed by atoms with E-state index in [0.29, 0.717) is 11.1 Å². The van der Waals surface area contributed by atoms with Crippen molar-refractivity contribution in [3.63, 3.8) is 0 Å². The molecule has 2 heterocycles.